The number of nitrogens with two attached hydrogens (primary N) is 1. The quantitative estimate of drug-likeness (QED) is 0.823. The summed E-state index contributed by atoms with van der Waals surface area (Å²) in [5.74, 6) is 0.947. The monoisotopic (exact) mass is 282 g/mol. The Hall–Kier alpha value is -1.47. The van der Waals surface area contributed by atoms with Crippen LogP contribution in [0.1, 0.15) is 44.4 Å². The van der Waals surface area contributed by atoms with E-state index in [0.29, 0.717) is 24.7 Å². The van der Waals surface area contributed by atoms with E-state index >= 15 is 0 Å². The Kier molecular flexibility index (Phi) is 4.39. The van der Waals surface area contributed by atoms with Crippen molar-refractivity contribution in [2.45, 2.75) is 44.7 Å². The van der Waals surface area contributed by atoms with Crippen molar-refractivity contribution in [2.75, 3.05) is 20.3 Å². The molecule has 2 N–H and O–H groups in total. The summed E-state index contributed by atoms with van der Waals surface area (Å²) in [5, 5.41) is 8.04. The summed E-state index contributed by atoms with van der Waals surface area (Å²) in [6.45, 7) is 5.46. The third-order valence-electron chi connectivity index (χ3n) is 3.77. The smallest absolute Gasteiger partial charge is 0.240 e. The number of primary amides is 1. The zero-order valence-corrected chi connectivity index (χ0v) is 12.3. The number of carbonyl (C=O) groups is 1. The predicted octanol–water partition coefficient (Wildman–Crippen LogP) is 0.659. The van der Waals surface area contributed by atoms with Gasteiger partial charge in [0, 0.05) is 13.0 Å². The lowest BCUT2D eigenvalue weighted by atomic mass is 9.96. The summed E-state index contributed by atoms with van der Waals surface area (Å²) < 4.78 is 10.8. The van der Waals surface area contributed by atoms with E-state index in [9.17, 15) is 4.79 Å². The molecule has 2 rings (SSSR count). The molecule has 1 amide bonds. The van der Waals surface area contributed by atoms with E-state index in [1.807, 2.05) is 18.7 Å². The lowest BCUT2D eigenvalue weighted by Gasteiger charge is -2.34. The van der Waals surface area contributed by atoms with Crippen LogP contribution in [0.15, 0.2) is 4.42 Å². The average molecular weight is 282 g/mol. The highest BCUT2D eigenvalue weighted by atomic mass is 16.5. The molecule has 0 bridgehead atoms. The molecule has 112 valence electrons. The van der Waals surface area contributed by atoms with Crippen molar-refractivity contribution in [3.8, 4) is 0 Å². The zero-order valence-electron chi connectivity index (χ0n) is 12.3. The standard InChI is InChI=1S/C13H22N4O3/c1-9(2)11-16-15-10(20-11)7-17-6-4-5-13(17,8-19-3)12(14)18/h9H,4-8H2,1-3H3,(H2,14,18). The van der Waals surface area contributed by atoms with Crippen molar-refractivity contribution < 1.29 is 13.9 Å². The Morgan fingerprint density at radius 3 is 2.85 bits per heavy atom. The van der Waals surface area contributed by atoms with Crippen LogP contribution in [0.4, 0.5) is 0 Å². The molecule has 0 aromatic carbocycles. The van der Waals surface area contributed by atoms with Gasteiger partial charge in [0.2, 0.25) is 17.7 Å². The first-order valence-electron chi connectivity index (χ1n) is 6.86. The van der Waals surface area contributed by atoms with Crippen LogP contribution in [-0.4, -0.2) is 46.8 Å². The second kappa shape index (κ2) is 5.88. The summed E-state index contributed by atoms with van der Waals surface area (Å²) in [5.41, 5.74) is 4.83. The number of rotatable bonds is 6. The van der Waals surface area contributed by atoms with E-state index in [4.69, 9.17) is 14.9 Å². The Morgan fingerprint density at radius 1 is 1.55 bits per heavy atom. The van der Waals surface area contributed by atoms with Crippen LogP contribution in [0, 0.1) is 0 Å². The van der Waals surface area contributed by atoms with Gasteiger partial charge in [-0.1, -0.05) is 13.8 Å². The minimum Gasteiger partial charge on any atom is -0.424 e. The predicted molar refractivity (Wildman–Crippen MR) is 71.8 cm³/mol. The second-order valence-electron chi connectivity index (χ2n) is 5.54. The van der Waals surface area contributed by atoms with Gasteiger partial charge in [-0.2, -0.15) is 0 Å². The third-order valence-corrected chi connectivity index (χ3v) is 3.77. The lowest BCUT2D eigenvalue weighted by Crippen LogP contribution is -2.56. The molecule has 0 spiro atoms. The highest BCUT2D eigenvalue weighted by molar-refractivity contribution is 5.85. The number of carbonyl (C=O) groups excluding carboxylic acids is 1. The van der Waals surface area contributed by atoms with Gasteiger partial charge in [0.05, 0.1) is 13.2 Å². The second-order valence-corrected chi connectivity index (χ2v) is 5.54. The molecule has 7 nitrogen and oxygen atoms in total. The first-order chi connectivity index (χ1) is 9.49. The molecule has 1 fully saturated rings. The zero-order chi connectivity index (χ0) is 14.8. The van der Waals surface area contributed by atoms with Gasteiger partial charge in [-0.05, 0) is 19.4 Å². The molecule has 1 atom stereocenters. The largest absolute Gasteiger partial charge is 0.424 e. The summed E-state index contributed by atoms with van der Waals surface area (Å²) in [7, 11) is 1.57. The van der Waals surface area contributed by atoms with Crippen LogP contribution in [-0.2, 0) is 16.1 Å². The summed E-state index contributed by atoms with van der Waals surface area (Å²) >= 11 is 0. The fraction of sp³-hybridized carbons (Fsp3) is 0.769. The van der Waals surface area contributed by atoms with Crippen LogP contribution < -0.4 is 5.73 Å². The molecule has 0 aliphatic carbocycles. The molecule has 1 saturated heterocycles. The highest BCUT2D eigenvalue weighted by Crippen LogP contribution is 2.31. The molecule has 0 saturated carbocycles. The summed E-state index contributed by atoms with van der Waals surface area (Å²) in [6, 6.07) is 0. The first kappa shape index (κ1) is 14.9. The van der Waals surface area contributed by atoms with Crippen LogP contribution >= 0.6 is 0 Å². The normalized spacial score (nSPS) is 23.6. The van der Waals surface area contributed by atoms with Gasteiger partial charge in [0.1, 0.15) is 5.54 Å². The van der Waals surface area contributed by atoms with E-state index in [1.165, 1.54) is 0 Å². The van der Waals surface area contributed by atoms with Gasteiger partial charge < -0.3 is 14.9 Å². The minimum atomic E-state index is -0.763. The molecule has 2 heterocycles. The van der Waals surface area contributed by atoms with E-state index in [1.54, 1.807) is 7.11 Å². The number of nitrogens with zero attached hydrogens (tertiary/aromatic N) is 3. The van der Waals surface area contributed by atoms with E-state index in [-0.39, 0.29) is 18.4 Å². The van der Waals surface area contributed by atoms with E-state index < -0.39 is 5.54 Å². The van der Waals surface area contributed by atoms with Gasteiger partial charge in [-0.3, -0.25) is 9.69 Å². The lowest BCUT2D eigenvalue weighted by molar-refractivity contribution is -0.132. The number of aromatic nitrogens is 2. The molecular weight excluding hydrogens is 260 g/mol. The molecule has 1 aromatic rings. The Morgan fingerprint density at radius 2 is 2.30 bits per heavy atom. The van der Waals surface area contributed by atoms with Crippen molar-refractivity contribution in [3.05, 3.63) is 11.8 Å². The number of hydrogen-bond acceptors (Lipinski definition) is 6. The molecule has 20 heavy (non-hydrogen) atoms. The summed E-state index contributed by atoms with van der Waals surface area (Å²) in [4.78, 5) is 13.8. The van der Waals surface area contributed by atoms with Gasteiger partial charge in [0.15, 0.2) is 0 Å². The summed E-state index contributed by atoms with van der Waals surface area (Å²) in [6.07, 6.45) is 1.60. The highest BCUT2D eigenvalue weighted by Gasteiger charge is 2.46. The SMILES string of the molecule is COCC1(C(N)=O)CCCN1Cc1nnc(C(C)C)o1. The average Bonchev–Trinajstić information content (AvgIpc) is 2.99. The van der Waals surface area contributed by atoms with Crippen molar-refractivity contribution in [1.82, 2.24) is 15.1 Å². The maximum absolute atomic E-state index is 11.9. The van der Waals surface area contributed by atoms with Crippen molar-refractivity contribution >= 4 is 5.91 Å². The Labute approximate surface area is 118 Å². The van der Waals surface area contributed by atoms with E-state index in [0.717, 1.165) is 13.0 Å². The Balaban J connectivity index is 2.15. The van der Waals surface area contributed by atoms with Crippen LogP contribution in [0.2, 0.25) is 0 Å². The minimum absolute atomic E-state index is 0.190. The fourth-order valence-corrected chi connectivity index (χ4v) is 2.64. The number of hydrogen-bond donors (Lipinski definition) is 1. The molecule has 1 unspecified atom stereocenters. The Bertz CT molecular complexity index is 474. The first-order valence-corrected chi connectivity index (χ1v) is 6.86. The maximum Gasteiger partial charge on any atom is 0.240 e. The molecule has 0 radical (unpaired) electrons. The molecule has 1 aliphatic rings. The van der Waals surface area contributed by atoms with Crippen LogP contribution in [0.5, 0.6) is 0 Å². The maximum atomic E-state index is 11.9. The third kappa shape index (κ3) is 2.69. The van der Waals surface area contributed by atoms with Gasteiger partial charge in [-0.15, -0.1) is 10.2 Å². The molecule has 1 aliphatic heterocycles. The number of likely N-dealkylation sites (tertiary alicyclic amines) is 1. The number of ether oxygens (including phenoxy) is 1. The van der Waals surface area contributed by atoms with Crippen LogP contribution in [0.25, 0.3) is 0 Å². The van der Waals surface area contributed by atoms with Crippen molar-refractivity contribution in [2.24, 2.45) is 5.73 Å². The molecular formula is C13H22N4O3. The topological polar surface area (TPSA) is 94.5 Å². The van der Waals surface area contributed by atoms with Gasteiger partial charge in [0.25, 0.3) is 0 Å². The van der Waals surface area contributed by atoms with E-state index in [2.05, 4.69) is 10.2 Å². The molecule has 7 heteroatoms. The van der Waals surface area contributed by atoms with Gasteiger partial charge >= 0.3 is 0 Å². The fourth-order valence-electron chi connectivity index (χ4n) is 2.64. The molecule has 1 aromatic heterocycles. The van der Waals surface area contributed by atoms with Crippen molar-refractivity contribution in [1.29, 1.82) is 0 Å². The number of methoxy groups -OCH3 is 1. The van der Waals surface area contributed by atoms with Crippen molar-refractivity contribution in [3.63, 3.8) is 0 Å². The van der Waals surface area contributed by atoms with Crippen LogP contribution in [0.3, 0.4) is 0 Å². The van der Waals surface area contributed by atoms with Gasteiger partial charge in [-0.25, -0.2) is 0 Å². The number of amides is 1.